The molecule has 0 spiro atoms. The van der Waals surface area contributed by atoms with Crippen molar-refractivity contribution in [3.05, 3.63) is 0 Å². The second-order valence-electron chi connectivity index (χ2n) is 4.21. The van der Waals surface area contributed by atoms with Crippen molar-refractivity contribution in [1.29, 1.82) is 0 Å². The lowest BCUT2D eigenvalue weighted by Crippen LogP contribution is -2.29. The molecule has 2 heteroatoms. The molecule has 1 atom stereocenters. The molecule has 0 aliphatic rings. The van der Waals surface area contributed by atoms with E-state index in [1.165, 1.54) is 26.2 Å². The van der Waals surface area contributed by atoms with Gasteiger partial charge in [-0.2, -0.15) is 0 Å². The minimum Gasteiger partial charge on any atom is -0.460 e. The number of rotatable bonds is 7. The number of hydrogen-bond acceptors (Lipinski definition) is 2. The Labute approximate surface area is 88.0 Å². The van der Waals surface area contributed by atoms with Crippen molar-refractivity contribution < 1.29 is 9.53 Å². The van der Waals surface area contributed by atoms with Gasteiger partial charge in [-0.1, -0.05) is 33.1 Å². The molecule has 0 heterocycles. The summed E-state index contributed by atoms with van der Waals surface area (Å²) in [7, 11) is 0. The molecule has 0 aromatic carbocycles. The fourth-order valence-corrected chi connectivity index (χ4v) is 1.57. The van der Waals surface area contributed by atoms with Crippen LogP contribution in [0.1, 0.15) is 66.2 Å². The largest absolute Gasteiger partial charge is 0.460 e. The van der Waals surface area contributed by atoms with Crippen molar-refractivity contribution in [2.75, 3.05) is 0 Å². The average Bonchev–Trinajstić information content (AvgIpc) is 2.11. The summed E-state index contributed by atoms with van der Waals surface area (Å²) < 4.78 is 5.33. The Hall–Kier alpha value is -0.530. The summed E-state index contributed by atoms with van der Waals surface area (Å²) in [5.74, 6) is -0.162. The van der Waals surface area contributed by atoms with Crippen molar-refractivity contribution in [1.82, 2.24) is 0 Å². The molecule has 0 aromatic rings. The fourth-order valence-electron chi connectivity index (χ4n) is 1.57. The van der Waals surface area contributed by atoms with Gasteiger partial charge in [-0.25, -0.2) is 0 Å². The molecule has 0 aromatic heterocycles. The maximum absolute atomic E-state index is 10.9. The van der Waals surface area contributed by atoms with Crippen LogP contribution in [-0.2, 0) is 9.53 Å². The molecular weight excluding hydrogens is 176 g/mol. The highest BCUT2D eigenvalue weighted by molar-refractivity contribution is 5.66. The highest BCUT2D eigenvalue weighted by Gasteiger charge is 2.24. The first-order chi connectivity index (χ1) is 6.54. The van der Waals surface area contributed by atoms with Gasteiger partial charge in [0, 0.05) is 6.92 Å². The maximum Gasteiger partial charge on any atom is 0.303 e. The smallest absolute Gasteiger partial charge is 0.303 e. The van der Waals surface area contributed by atoms with Gasteiger partial charge in [-0.05, 0) is 26.2 Å². The summed E-state index contributed by atoms with van der Waals surface area (Å²) in [6.45, 7) is 7.79. The standard InChI is InChI=1S/C12H24O2/c1-5-7-8-9-10-12(4,6-2)14-11(3)13/h5-10H2,1-4H3/t12-/m0/s1. The quantitative estimate of drug-likeness (QED) is 0.463. The van der Waals surface area contributed by atoms with Gasteiger partial charge in [0.1, 0.15) is 5.60 Å². The van der Waals surface area contributed by atoms with E-state index in [4.69, 9.17) is 4.74 Å². The molecule has 84 valence electrons. The van der Waals surface area contributed by atoms with E-state index in [-0.39, 0.29) is 11.6 Å². The summed E-state index contributed by atoms with van der Waals surface area (Å²) in [5, 5.41) is 0. The van der Waals surface area contributed by atoms with Crippen LogP contribution in [0.4, 0.5) is 0 Å². The lowest BCUT2D eigenvalue weighted by Gasteiger charge is -2.27. The highest BCUT2D eigenvalue weighted by atomic mass is 16.6. The lowest BCUT2D eigenvalue weighted by molar-refractivity contribution is -0.156. The van der Waals surface area contributed by atoms with E-state index in [0.29, 0.717) is 0 Å². The molecule has 0 radical (unpaired) electrons. The van der Waals surface area contributed by atoms with Gasteiger partial charge in [0.05, 0.1) is 0 Å². The van der Waals surface area contributed by atoms with Gasteiger partial charge in [0.15, 0.2) is 0 Å². The van der Waals surface area contributed by atoms with E-state index in [9.17, 15) is 4.79 Å². The third-order valence-electron chi connectivity index (χ3n) is 2.70. The SMILES string of the molecule is CCCCCC[C@](C)(CC)OC(C)=O. The van der Waals surface area contributed by atoms with Gasteiger partial charge in [-0.3, -0.25) is 4.79 Å². The molecule has 14 heavy (non-hydrogen) atoms. The predicted molar refractivity (Wildman–Crippen MR) is 59.2 cm³/mol. The Kier molecular flexibility index (Phi) is 6.60. The van der Waals surface area contributed by atoms with Crippen LogP contribution in [0.3, 0.4) is 0 Å². The topological polar surface area (TPSA) is 26.3 Å². The summed E-state index contributed by atoms with van der Waals surface area (Å²) in [5.41, 5.74) is -0.237. The lowest BCUT2D eigenvalue weighted by atomic mass is 9.95. The first-order valence-electron chi connectivity index (χ1n) is 5.73. The first kappa shape index (κ1) is 13.5. The van der Waals surface area contributed by atoms with E-state index < -0.39 is 0 Å². The zero-order chi connectivity index (χ0) is 11.0. The maximum atomic E-state index is 10.9. The molecule has 0 bridgehead atoms. The van der Waals surface area contributed by atoms with Crippen molar-refractivity contribution >= 4 is 5.97 Å². The predicted octanol–water partition coefficient (Wildman–Crippen LogP) is 3.69. The van der Waals surface area contributed by atoms with Crippen molar-refractivity contribution in [2.45, 2.75) is 71.8 Å². The van der Waals surface area contributed by atoms with E-state index >= 15 is 0 Å². The van der Waals surface area contributed by atoms with Crippen LogP contribution in [0.5, 0.6) is 0 Å². The molecule has 0 fully saturated rings. The second-order valence-corrected chi connectivity index (χ2v) is 4.21. The van der Waals surface area contributed by atoms with Crippen molar-refractivity contribution in [3.63, 3.8) is 0 Å². The minimum absolute atomic E-state index is 0.162. The second kappa shape index (κ2) is 6.86. The molecule has 0 amide bonds. The van der Waals surface area contributed by atoms with Crippen LogP contribution >= 0.6 is 0 Å². The molecule has 0 saturated carbocycles. The number of esters is 1. The van der Waals surface area contributed by atoms with E-state index in [0.717, 1.165) is 19.3 Å². The highest BCUT2D eigenvalue weighted by Crippen LogP contribution is 2.23. The summed E-state index contributed by atoms with van der Waals surface area (Å²) in [6.07, 6.45) is 6.82. The van der Waals surface area contributed by atoms with Crippen molar-refractivity contribution in [3.8, 4) is 0 Å². The Morgan fingerprint density at radius 1 is 1.21 bits per heavy atom. The van der Waals surface area contributed by atoms with Gasteiger partial charge in [0.25, 0.3) is 0 Å². The number of unbranched alkanes of at least 4 members (excludes halogenated alkanes) is 3. The molecule has 2 nitrogen and oxygen atoms in total. The van der Waals surface area contributed by atoms with Crippen LogP contribution < -0.4 is 0 Å². The van der Waals surface area contributed by atoms with E-state index in [1.807, 2.05) is 6.92 Å². The van der Waals surface area contributed by atoms with Crippen LogP contribution in [0.2, 0.25) is 0 Å². The Bertz CT molecular complexity index is 166. The van der Waals surface area contributed by atoms with E-state index in [2.05, 4.69) is 13.8 Å². The average molecular weight is 200 g/mol. The Balaban J connectivity index is 3.80. The molecule has 0 N–H and O–H groups in total. The summed E-state index contributed by atoms with van der Waals surface area (Å²) in [4.78, 5) is 10.9. The monoisotopic (exact) mass is 200 g/mol. The summed E-state index contributed by atoms with van der Waals surface area (Å²) >= 11 is 0. The van der Waals surface area contributed by atoms with Crippen LogP contribution in [0, 0.1) is 0 Å². The molecule has 0 saturated heterocycles. The zero-order valence-electron chi connectivity index (χ0n) is 10.1. The molecular formula is C12H24O2. The van der Waals surface area contributed by atoms with Crippen LogP contribution in [0.25, 0.3) is 0 Å². The van der Waals surface area contributed by atoms with Crippen LogP contribution in [-0.4, -0.2) is 11.6 Å². The third-order valence-corrected chi connectivity index (χ3v) is 2.70. The van der Waals surface area contributed by atoms with Gasteiger partial charge < -0.3 is 4.74 Å². The molecule has 0 rings (SSSR count). The molecule has 0 unspecified atom stereocenters. The zero-order valence-corrected chi connectivity index (χ0v) is 10.1. The first-order valence-corrected chi connectivity index (χ1v) is 5.73. The Morgan fingerprint density at radius 2 is 1.86 bits per heavy atom. The fraction of sp³-hybridized carbons (Fsp3) is 0.917. The number of carbonyl (C=O) groups is 1. The normalized spacial score (nSPS) is 14.9. The van der Waals surface area contributed by atoms with Gasteiger partial charge >= 0.3 is 5.97 Å². The minimum atomic E-state index is -0.237. The third kappa shape index (κ3) is 6.01. The molecule has 0 aliphatic heterocycles. The number of hydrogen-bond donors (Lipinski definition) is 0. The van der Waals surface area contributed by atoms with Gasteiger partial charge in [0.2, 0.25) is 0 Å². The van der Waals surface area contributed by atoms with Crippen molar-refractivity contribution in [2.24, 2.45) is 0 Å². The van der Waals surface area contributed by atoms with Gasteiger partial charge in [-0.15, -0.1) is 0 Å². The summed E-state index contributed by atoms with van der Waals surface area (Å²) in [6, 6.07) is 0. The number of ether oxygens (including phenoxy) is 1. The van der Waals surface area contributed by atoms with E-state index in [1.54, 1.807) is 0 Å². The number of carbonyl (C=O) groups excluding carboxylic acids is 1. The Morgan fingerprint density at radius 3 is 2.29 bits per heavy atom. The van der Waals surface area contributed by atoms with Crippen LogP contribution in [0.15, 0.2) is 0 Å². The molecule has 0 aliphatic carbocycles.